The quantitative estimate of drug-likeness (QED) is 0.0777. The first kappa shape index (κ1) is 54.9. The Hall–Kier alpha value is -7.44. The summed E-state index contributed by atoms with van der Waals surface area (Å²) in [5.41, 5.74) is 9.22. The second-order valence-corrected chi connectivity index (χ2v) is 18.6. The second-order valence-electron chi connectivity index (χ2n) is 18.6. The van der Waals surface area contributed by atoms with Gasteiger partial charge in [-0.1, -0.05) is 104 Å². The van der Waals surface area contributed by atoms with Crippen molar-refractivity contribution in [3.05, 3.63) is 143 Å². The number of H-pyrrole nitrogens is 1. The average molecular weight is 1000 g/mol. The Bertz CT molecular complexity index is 2610. The summed E-state index contributed by atoms with van der Waals surface area (Å²) in [4.78, 5) is 103. The summed E-state index contributed by atoms with van der Waals surface area (Å²) in [6, 6.07) is 23.1. The molecule has 2 heterocycles. The topological polar surface area (TPSA) is 266 Å². The highest BCUT2D eigenvalue weighted by molar-refractivity contribution is 5.98. The van der Waals surface area contributed by atoms with E-state index in [1.54, 1.807) is 18.3 Å². The second kappa shape index (κ2) is 28.0. The summed E-state index contributed by atoms with van der Waals surface area (Å²) in [5.74, 6) is -5.28. The lowest BCUT2D eigenvalue weighted by molar-refractivity contribution is -0.136. The van der Waals surface area contributed by atoms with Crippen molar-refractivity contribution < 1.29 is 43.1 Å². The summed E-state index contributed by atoms with van der Waals surface area (Å²) in [5, 5.41) is 31.3. The average Bonchev–Trinajstić information content (AvgIpc) is 3.79. The first-order valence-corrected chi connectivity index (χ1v) is 25.1. The van der Waals surface area contributed by atoms with E-state index < -0.39 is 83.6 Å². The van der Waals surface area contributed by atoms with Crippen molar-refractivity contribution in [3.63, 3.8) is 0 Å². The van der Waals surface area contributed by atoms with E-state index in [0.717, 1.165) is 22.0 Å². The van der Waals surface area contributed by atoms with Crippen LogP contribution < -0.4 is 43.0 Å². The van der Waals surface area contributed by atoms with E-state index in [9.17, 15) is 43.1 Å². The number of nitrogens with one attached hydrogen (secondary N) is 8. The van der Waals surface area contributed by atoms with Crippen LogP contribution in [0.15, 0.2) is 115 Å². The van der Waals surface area contributed by atoms with E-state index in [4.69, 9.17) is 5.73 Å². The molecular formula is C55H68FN9O8. The van der Waals surface area contributed by atoms with E-state index in [-0.39, 0.29) is 57.5 Å². The van der Waals surface area contributed by atoms with E-state index in [1.807, 2.05) is 72.8 Å². The van der Waals surface area contributed by atoms with E-state index in [2.05, 4.69) is 42.2 Å². The number of aliphatic hydroxyl groups excluding tert-OH is 1. The first-order valence-electron chi connectivity index (χ1n) is 25.1. The number of aromatic nitrogens is 1. The molecule has 388 valence electrons. The molecule has 0 bridgehead atoms. The molecule has 73 heavy (non-hydrogen) atoms. The summed E-state index contributed by atoms with van der Waals surface area (Å²) < 4.78 is 14.2. The highest BCUT2D eigenvalue weighted by Crippen LogP contribution is 2.20. The van der Waals surface area contributed by atoms with Crippen molar-refractivity contribution in [2.24, 2.45) is 5.73 Å². The number of rotatable bonds is 13. The number of fused-ring (bicyclic) bond motifs is 1. The molecule has 1 aromatic heterocycles. The summed E-state index contributed by atoms with van der Waals surface area (Å²) in [6.07, 6.45) is 3.51. The third-order valence-electron chi connectivity index (χ3n) is 12.8. The molecule has 0 radical (unpaired) electrons. The maximum absolute atomic E-state index is 14.8. The number of carbonyl (C=O) groups excluding carboxylic acids is 7. The van der Waals surface area contributed by atoms with Gasteiger partial charge in [-0.25, -0.2) is 4.39 Å². The summed E-state index contributed by atoms with van der Waals surface area (Å²) in [6.45, 7) is 1.86. The molecule has 1 aliphatic heterocycles. The number of hydrogen-bond donors (Lipinski definition) is 10. The number of halogens is 1. The number of aromatic amines is 1. The van der Waals surface area contributed by atoms with Crippen molar-refractivity contribution in [2.45, 2.75) is 126 Å². The number of benzene rings is 4. The smallest absolute Gasteiger partial charge is 0.245 e. The molecule has 7 amide bonds. The molecule has 1 saturated heterocycles. The molecule has 6 rings (SSSR count). The minimum atomic E-state index is -1.56. The molecule has 18 heteroatoms. The number of hydrogen-bond acceptors (Lipinski definition) is 9. The minimum Gasteiger partial charge on any atom is -0.391 e. The van der Waals surface area contributed by atoms with Gasteiger partial charge in [0.2, 0.25) is 41.4 Å². The lowest BCUT2D eigenvalue weighted by atomic mass is 10.00. The molecule has 0 saturated carbocycles. The third-order valence-corrected chi connectivity index (χ3v) is 12.8. The lowest BCUT2D eigenvalue weighted by Crippen LogP contribution is -2.61. The number of nitrogens with two attached hydrogens (primary N) is 1. The van der Waals surface area contributed by atoms with E-state index in [1.165, 1.54) is 31.2 Å². The van der Waals surface area contributed by atoms with Gasteiger partial charge in [0, 0.05) is 55.7 Å². The highest BCUT2D eigenvalue weighted by atomic mass is 19.1. The van der Waals surface area contributed by atoms with E-state index in [0.29, 0.717) is 49.7 Å². The van der Waals surface area contributed by atoms with Gasteiger partial charge in [-0.05, 0) is 86.0 Å². The molecule has 11 N–H and O–H groups in total. The highest BCUT2D eigenvalue weighted by Gasteiger charge is 2.35. The maximum atomic E-state index is 14.8. The van der Waals surface area contributed by atoms with Crippen LogP contribution in [0.4, 0.5) is 4.39 Å². The standard InChI is InChI=1S/C55H68FN9O8/c1-35(66)49-55(73)64-44(30-36-16-6-4-7-17-36)50(68)58-29-15-3-2-10-23-48(67)60-45(31-37-18-8-5-9-19-37)52(70)62-46(32-38-24-26-40(56)27-25-38)53(71)63-47(33-39-34-59-42-21-12-11-20-41(39)42)54(72)61-43(51(69)65-49)22-13-14-28-57/h4-9,11-12,16-21,24-27,34-35,43-47,49,59,66H,2-3,10,13-15,22-23,28-33,57H2,1H3,(H,58,68)(H,60,67)(H,61,72)(H,62,70)(H,63,71)(H,64,73)(H,65,69)/t35-,43+,44+,45+,46+,47-,49+/m1/s1. The molecule has 1 fully saturated rings. The zero-order valence-corrected chi connectivity index (χ0v) is 41.2. The van der Waals surface area contributed by atoms with Crippen LogP contribution in [0.25, 0.3) is 10.9 Å². The van der Waals surface area contributed by atoms with Crippen LogP contribution in [0.5, 0.6) is 0 Å². The first-order chi connectivity index (χ1) is 35.3. The number of amides is 7. The minimum absolute atomic E-state index is 0.0491. The van der Waals surface area contributed by atoms with Gasteiger partial charge in [0.25, 0.3) is 0 Å². The van der Waals surface area contributed by atoms with Crippen molar-refractivity contribution in [3.8, 4) is 0 Å². The summed E-state index contributed by atoms with van der Waals surface area (Å²) in [7, 11) is 0. The van der Waals surface area contributed by atoms with Gasteiger partial charge in [-0.15, -0.1) is 0 Å². The Morgan fingerprint density at radius 3 is 1.67 bits per heavy atom. The fourth-order valence-electron chi connectivity index (χ4n) is 8.78. The SMILES string of the molecule is C[C@@H](O)[C@@H]1NC(=O)[C@H](CCCCN)NC(=O)[C@@H](Cc2c[nH]c3ccccc23)NC(=O)[C@H](Cc2ccc(F)cc2)NC(=O)[C@H](Cc2ccccc2)NC(=O)CCCCCCNC(=O)[C@H](Cc2ccccc2)NC1=O. The Kier molecular flexibility index (Phi) is 21.0. The molecule has 7 atom stereocenters. The van der Waals surface area contributed by atoms with Gasteiger partial charge in [0.15, 0.2) is 0 Å². The molecular weight excluding hydrogens is 934 g/mol. The predicted molar refractivity (Wildman–Crippen MR) is 275 cm³/mol. The van der Waals surface area contributed by atoms with Gasteiger partial charge >= 0.3 is 0 Å². The zero-order chi connectivity index (χ0) is 52.1. The van der Waals surface area contributed by atoms with Gasteiger partial charge in [-0.3, -0.25) is 33.6 Å². The molecule has 17 nitrogen and oxygen atoms in total. The van der Waals surface area contributed by atoms with Crippen LogP contribution in [0, 0.1) is 5.82 Å². The Morgan fingerprint density at radius 2 is 1.05 bits per heavy atom. The number of para-hydroxylation sites is 1. The van der Waals surface area contributed by atoms with Crippen molar-refractivity contribution in [2.75, 3.05) is 13.1 Å². The van der Waals surface area contributed by atoms with Gasteiger partial charge in [0.1, 0.15) is 42.1 Å². The van der Waals surface area contributed by atoms with Crippen molar-refractivity contribution in [1.29, 1.82) is 0 Å². The van der Waals surface area contributed by atoms with Gasteiger partial charge < -0.3 is 53.0 Å². The zero-order valence-electron chi connectivity index (χ0n) is 41.2. The maximum Gasteiger partial charge on any atom is 0.245 e. The monoisotopic (exact) mass is 1000 g/mol. The Balaban J connectivity index is 1.36. The van der Waals surface area contributed by atoms with Crippen LogP contribution >= 0.6 is 0 Å². The molecule has 0 unspecified atom stereocenters. The fraction of sp³-hybridized carbons (Fsp3) is 0.400. The van der Waals surface area contributed by atoms with Crippen LogP contribution in [0.1, 0.15) is 80.5 Å². The van der Waals surface area contributed by atoms with Crippen LogP contribution in [-0.2, 0) is 59.2 Å². The molecule has 4 aromatic carbocycles. The Morgan fingerprint density at radius 1 is 0.548 bits per heavy atom. The predicted octanol–water partition coefficient (Wildman–Crippen LogP) is 3.08. The largest absolute Gasteiger partial charge is 0.391 e. The molecule has 1 aliphatic rings. The van der Waals surface area contributed by atoms with E-state index >= 15 is 0 Å². The molecule has 5 aromatic rings. The van der Waals surface area contributed by atoms with Crippen LogP contribution in [0.2, 0.25) is 0 Å². The van der Waals surface area contributed by atoms with Gasteiger partial charge in [-0.2, -0.15) is 0 Å². The summed E-state index contributed by atoms with van der Waals surface area (Å²) >= 11 is 0. The third kappa shape index (κ3) is 17.1. The van der Waals surface area contributed by atoms with Crippen molar-refractivity contribution >= 4 is 52.3 Å². The molecule has 0 aliphatic carbocycles. The van der Waals surface area contributed by atoms with Crippen molar-refractivity contribution in [1.82, 2.24) is 42.2 Å². The van der Waals surface area contributed by atoms with Gasteiger partial charge in [0.05, 0.1) is 6.10 Å². The normalized spacial score (nSPS) is 22.2. The number of unbranched alkanes of at least 4 members (excludes halogenated alkanes) is 1. The fourth-order valence-corrected chi connectivity index (χ4v) is 8.78. The molecule has 0 spiro atoms. The Labute approximate surface area is 424 Å². The van der Waals surface area contributed by atoms with Crippen LogP contribution in [0.3, 0.4) is 0 Å². The van der Waals surface area contributed by atoms with Crippen LogP contribution in [-0.4, -0.2) is 107 Å². The number of aliphatic hydroxyl groups is 1. The number of carbonyl (C=O) groups is 7. The lowest BCUT2D eigenvalue weighted by Gasteiger charge is -2.28.